The van der Waals surface area contributed by atoms with Crippen LogP contribution in [-0.4, -0.2) is 67.1 Å². The highest BCUT2D eigenvalue weighted by molar-refractivity contribution is 7.89. The maximum Gasteiger partial charge on any atom is 0.322 e. The highest BCUT2D eigenvalue weighted by atomic mass is 32.2. The molecule has 3 heterocycles. The summed E-state index contributed by atoms with van der Waals surface area (Å²) >= 11 is 0. The number of hydrogen-bond donors (Lipinski definition) is 2. The number of nitrogens with zero attached hydrogens (tertiary/aromatic N) is 3. The highest BCUT2D eigenvalue weighted by Crippen LogP contribution is 2.23. The quantitative estimate of drug-likeness (QED) is 0.660. The van der Waals surface area contributed by atoms with E-state index in [1.54, 1.807) is 18.3 Å². The zero-order valence-corrected chi connectivity index (χ0v) is 17.7. The number of pyridine rings is 1. The minimum atomic E-state index is -3.75. The molecule has 2 N–H and O–H groups in total. The molecule has 0 aliphatic carbocycles. The largest absolute Gasteiger partial charge is 0.354 e. The van der Waals surface area contributed by atoms with Crippen molar-refractivity contribution in [3.63, 3.8) is 0 Å². The number of imide groups is 1. The van der Waals surface area contributed by atoms with Crippen LogP contribution < -0.4 is 15.5 Å². The van der Waals surface area contributed by atoms with Crippen molar-refractivity contribution < 1.29 is 22.4 Å². The third-order valence-electron chi connectivity index (χ3n) is 5.47. The van der Waals surface area contributed by atoms with Crippen LogP contribution in [0.15, 0.2) is 42.6 Å². The van der Waals surface area contributed by atoms with Crippen LogP contribution in [0.1, 0.15) is 6.92 Å². The molecule has 2 aliphatic heterocycles. The Kier molecular flexibility index (Phi) is 5.40. The van der Waals surface area contributed by atoms with E-state index in [9.17, 15) is 22.4 Å². The molecule has 2 saturated heterocycles. The van der Waals surface area contributed by atoms with Crippen LogP contribution in [0.3, 0.4) is 0 Å². The molecule has 3 amide bonds. The van der Waals surface area contributed by atoms with Crippen LogP contribution in [0.25, 0.3) is 11.1 Å². The zero-order valence-electron chi connectivity index (χ0n) is 16.8. The number of benzene rings is 1. The molecule has 0 saturated carbocycles. The second kappa shape index (κ2) is 7.89. The predicted octanol–water partition coefficient (Wildman–Crippen LogP) is 0.938. The molecule has 9 nitrogen and oxygen atoms in total. The normalized spacial score (nSPS) is 22.3. The van der Waals surface area contributed by atoms with Gasteiger partial charge in [-0.3, -0.25) is 10.1 Å². The van der Waals surface area contributed by atoms with Gasteiger partial charge >= 0.3 is 6.03 Å². The average Bonchev–Trinajstić information content (AvgIpc) is 2.99. The Bertz CT molecular complexity index is 1100. The van der Waals surface area contributed by atoms with Crippen LogP contribution in [0.4, 0.5) is 15.0 Å². The van der Waals surface area contributed by atoms with Gasteiger partial charge in [-0.05, 0) is 36.8 Å². The summed E-state index contributed by atoms with van der Waals surface area (Å²) in [5.74, 6) is -0.726. The van der Waals surface area contributed by atoms with E-state index in [2.05, 4.69) is 15.6 Å². The van der Waals surface area contributed by atoms with Crippen molar-refractivity contribution in [2.75, 3.05) is 36.8 Å². The Morgan fingerprint density at radius 3 is 2.23 bits per heavy atom. The first-order chi connectivity index (χ1) is 14.7. The van der Waals surface area contributed by atoms with Crippen molar-refractivity contribution in [3.05, 3.63) is 48.4 Å². The molecule has 0 spiro atoms. The molecule has 0 unspecified atom stereocenters. The van der Waals surface area contributed by atoms with Crippen molar-refractivity contribution >= 4 is 27.8 Å². The van der Waals surface area contributed by atoms with E-state index in [4.69, 9.17) is 0 Å². The van der Waals surface area contributed by atoms with Crippen LogP contribution in [0.2, 0.25) is 0 Å². The van der Waals surface area contributed by atoms with Crippen molar-refractivity contribution in [1.29, 1.82) is 0 Å². The summed E-state index contributed by atoms with van der Waals surface area (Å²) in [5, 5.41) is 4.46. The Morgan fingerprint density at radius 2 is 1.68 bits per heavy atom. The molecule has 0 bridgehead atoms. The molecule has 164 valence electrons. The fourth-order valence-corrected chi connectivity index (χ4v) is 5.55. The van der Waals surface area contributed by atoms with Gasteiger partial charge in [0.25, 0.3) is 5.91 Å². The summed E-state index contributed by atoms with van der Waals surface area (Å²) < 4.78 is 40.0. The number of nitrogens with one attached hydrogen (secondary N) is 2. The number of carbonyl (C=O) groups is 2. The van der Waals surface area contributed by atoms with Gasteiger partial charge in [0.05, 0.1) is 5.75 Å². The van der Waals surface area contributed by atoms with Gasteiger partial charge in [-0.25, -0.2) is 22.6 Å². The van der Waals surface area contributed by atoms with Gasteiger partial charge in [-0.15, -0.1) is 0 Å². The van der Waals surface area contributed by atoms with Crippen molar-refractivity contribution in [2.45, 2.75) is 12.5 Å². The molecule has 4 rings (SSSR count). The lowest BCUT2D eigenvalue weighted by Gasteiger charge is -2.35. The lowest BCUT2D eigenvalue weighted by Crippen LogP contribution is -2.55. The van der Waals surface area contributed by atoms with E-state index in [1.165, 1.54) is 23.4 Å². The molecule has 1 aromatic carbocycles. The van der Waals surface area contributed by atoms with E-state index in [0.717, 1.165) is 16.9 Å². The van der Waals surface area contributed by atoms with Crippen LogP contribution >= 0.6 is 0 Å². The first kappa shape index (κ1) is 21.2. The second-order valence-corrected chi connectivity index (χ2v) is 9.76. The molecule has 1 atom stereocenters. The zero-order chi connectivity index (χ0) is 22.2. The standard InChI is InChI=1S/C20H22FN5O4S/c1-20(18(27)23-19(28)24-20)13-31(29,30)26-10-8-25(9-11-26)17-7-4-15(12-22-17)14-2-5-16(21)6-3-14/h2-7,12H,8-11,13H2,1H3,(H2,23,24,27,28)/t20-/m1/s1. The summed E-state index contributed by atoms with van der Waals surface area (Å²) in [6.07, 6.45) is 1.70. The van der Waals surface area contributed by atoms with E-state index in [-0.39, 0.29) is 18.9 Å². The third-order valence-corrected chi connectivity index (χ3v) is 7.56. The Labute approximate surface area is 179 Å². The number of rotatable bonds is 5. The predicted molar refractivity (Wildman–Crippen MR) is 112 cm³/mol. The van der Waals surface area contributed by atoms with Crippen molar-refractivity contribution in [2.24, 2.45) is 0 Å². The SMILES string of the molecule is C[C@]1(CS(=O)(=O)N2CCN(c3ccc(-c4ccc(F)cc4)cn3)CC2)NC(=O)NC1=O. The van der Waals surface area contributed by atoms with Gasteiger partial charge < -0.3 is 10.2 Å². The van der Waals surface area contributed by atoms with E-state index < -0.39 is 33.3 Å². The summed E-state index contributed by atoms with van der Waals surface area (Å²) in [7, 11) is -3.75. The van der Waals surface area contributed by atoms with Crippen LogP contribution in [0, 0.1) is 5.82 Å². The van der Waals surface area contributed by atoms with Gasteiger partial charge in [-0.1, -0.05) is 12.1 Å². The topological polar surface area (TPSA) is 112 Å². The molecule has 2 aromatic rings. The summed E-state index contributed by atoms with van der Waals surface area (Å²) in [5.41, 5.74) is 0.230. The number of sulfonamides is 1. The maximum absolute atomic E-state index is 13.1. The number of aromatic nitrogens is 1. The van der Waals surface area contributed by atoms with Gasteiger partial charge in [0.2, 0.25) is 10.0 Å². The molecule has 31 heavy (non-hydrogen) atoms. The lowest BCUT2D eigenvalue weighted by atomic mass is 10.1. The minimum absolute atomic E-state index is 0.245. The Hall–Kier alpha value is -3.05. The number of hydrogen-bond acceptors (Lipinski definition) is 6. The van der Waals surface area contributed by atoms with Crippen molar-refractivity contribution in [3.8, 4) is 11.1 Å². The molecule has 2 aliphatic rings. The van der Waals surface area contributed by atoms with Gasteiger partial charge in [0, 0.05) is 37.9 Å². The molecule has 1 aromatic heterocycles. The number of amides is 3. The molecular formula is C20H22FN5O4S. The number of carbonyl (C=O) groups excluding carboxylic acids is 2. The summed E-state index contributed by atoms with van der Waals surface area (Å²) in [6.45, 7) is 2.77. The first-order valence-corrected chi connectivity index (χ1v) is 11.4. The first-order valence-electron chi connectivity index (χ1n) is 9.75. The van der Waals surface area contributed by atoms with Gasteiger partial charge in [0.1, 0.15) is 17.2 Å². The number of anilines is 1. The van der Waals surface area contributed by atoms with Crippen molar-refractivity contribution in [1.82, 2.24) is 19.9 Å². The van der Waals surface area contributed by atoms with Gasteiger partial charge in [-0.2, -0.15) is 4.31 Å². The van der Waals surface area contributed by atoms with E-state index in [1.807, 2.05) is 17.0 Å². The highest BCUT2D eigenvalue weighted by Gasteiger charge is 2.46. The monoisotopic (exact) mass is 447 g/mol. The minimum Gasteiger partial charge on any atom is -0.354 e. The average molecular weight is 447 g/mol. The van der Waals surface area contributed by atoms with E-state index in [0.29, 0.717) is 13.1 Å². The molecule has 0 radical (unpaired) electrons. The fourth-order valence-electron chi connectivity index (χ4n) is 3.72. The fraction of sp³-hybridized carbons (Fsp3) is 0.350. The Morgan fingerprint density at radius 1 is 1.03 bits per heavy atom. The molecule has 2 fully saturated rings. The third kappa shape index (κ3) is 4.37. The summed E-state index contributed by atoms with van der Waals surface area (Å²) in [4.78, 5) is 29.8. The number of halogens is 1. The molecule has 11 heteroatoms. The maximum atomic E-state index is 13.1. The van der Waals surface area contributed by atoms with Crippen LogP contribution in [-0.2, 0) is 14.8 Å². The number of urea groups is 1. The van der Waals surface area contributed by atoms with Crippen LogP contribution in [0.5, 0.6) is 0 Å². The second-order valence-electron chi connectivity index (χ2n) is 7.79. The lowest BCUT2D eigenvalue weighted by molar-refractivity contribution is -0.122. The van der Waals surface area contributed by atoms with E-state index >= 15 is 0 Å². The Balaban J connectivity index is 1.38. The molecular weight excluding hydrogens is 425 g/mol. The number of piperazine rings is 1. The van der Waals surface area contributed by atoms with Gasteiger partial charge in [0.15, 0.2) is 0 Å². The summed E-state index contributed by atoms with van der Waals surface area (Å²) in [6, 6.07) is 9.20. The smallest absolute Gasteiger partial charge is 0.322 e.